The first-order chi connectivity index (χ1) is 7.80. The number of nitrogens with two attached hydrogens (primary N) is 1. The molecule has 0 spiro atoms. The summed E-state index contributed by atoms with van der Waals surface area (Å²) in [6.07, 6.45) is 0.455. The minimum absolute atomic E-state index is 0.150. The molecule has 0 heterocycles. The molecule has 17 heavy (non-hydrogen) atoms. The molecule has 0 aliphatic heterocycles. The van der Waals surface area contributed by atoms with Gasteiger partial charge in [-0.15, -0.1) is 0 Å². The van der Waals surface area contributed by atoms with Crippen LogP contribution in [0.5, 0.6) is 0 Å². The van der Waals surface area contributed by atoms with Crippen molar-refractivity contribution in [1.82, 2.24) is 4.90 Å². The smallest absolute Gasteiger partial charge is 0.409 e. The van der Waals surface area contributed by atoms with Gasteiger partial charge in [0.15, 0.2) is 0 Å². The molecule has 0 aromatic rings. The van der Waals surface area contributed by atoms with E-state index >= 15 is 0 Å². The van der Waals surface area contributed by atoms with Crippen LogP contribution in [0.3, 0.4) is 0 Å². The topological polar surface area (TPSA) is 81.9 Å². The zero-order valence-corrected chi connectivity index (χ0v) is 11.0. The third kappa shape index (κ3) is 6.65. The van der Waals surface area contributed by atoms with E-state index in [9.17, 15) is 9.59 Å². The Morgan fingerprint density at radius 1 is 1.24 bits per heavy atom. The Hall–Kier alpha value is -1.46. The van der Waals surface area contributed by atoms with Crippen LogP contribution in [-0.4, -0.2) is 44.4 Å². The summed E-state index contributed by atoms with van der Waals surface area (Å²) in [5, 5.41) is 0. The first-order valence-electron chi connectivity index (χ1n) is 5.57. The number of primary amides is 1. The van der Waals surface area contributed by atoms with Crippen LogP contribution in [0.4, 0.5) is 9.59 Å². The van der Waals surface area contributed by atoms with Gasteiger partial charge < -0.3 is 20.1 Å². The molecule has 6 heteroatoms. The number of amides is 2. The Balaban J connectivity index is 4.29. The van der Waals surface area contributed by atoms with Gasteiger partial charge in [-0.2, -0.15) is 0 Å². The Kier molecular flexibility index (Phi) is 6.38. The van der Waals surface area contributed by atoms with Crippen LogP contribution in [0, 0.1) is 5.41 Å². The normalized spacial score (nSPS) is 13.6. The summed E-state index contributed by atoms with van der Waals surface area (Å²) in [4.78, 5) is 23.2. The Labute approximate surface area is 102 Å². The van der Waals surface area contributed by atoms with E-state index in [0.29, 0.717) is 0 Å². The molecule has 6 nitrogen and oxygen atoms in total. The van der Waals surface area contributed by atoms with Crippen LogP contribution in [0.25, 0.3) is 0 Å². The summed E-state index contributed by atoms with van der Waals surface area (Å²) < 4.78 is 9.89. The largest absolute Gasteiger partial charge is 0.449 e. The zero-order chi connectivity index (χ0) is 13.5. The molecule has 2 amide bonds. The van der Waals surface area contributed by atoms with Gasteiger partial charge in [0.05, 0.1) is 0 Å². The third-order valence-corrected chi connectivity index (χ3v) is 2.33. The van der Waals surface area contributed by atoms with E-state index in [1.165, 1.54) is 4.90 Å². The third-order valence-electron chi connectivity index (χ3n) is 2.33. The van der Waals surface area contributed by atoms with Crippen LogP contribution in [0.15, 0.2) is 0 Å². The van der Waals surface area contributed by atoms with Crippen molar-refractivity contribution in [3.63, 3.8) is 0 Å². The van der Waals surface area contributed by atoms with E-state index in [2.05, 4.69) is 0 Å². The minimum atomic E-state index is -0.814. The first-order valence-corrected chi connectivity index (χ1v) is 5.57. The second-order valence-corrected chi connectivity index (χ2v) is 4.62. The summed E-state index contributed by atoms with van der Waals surface area (Å²) in [6.45, 7) is 4.25. The lowest BCUT2D eigenvalue weighted by Gasteiger charge is -2.28. The highest BCUT2D eigenvalue weighted by atomic mass is 16.6. The molecule has 0 fully saturated rings. The summed E-state index contributed by atoms with van der Waals surface area (Å²) >= 11 is 0. The van der Waals surface area contributed by atoms with Crippen molar-refractivity contribution in [1.29, 1.82) is 0 Å². The molecule has 0 aromatic carbocycles. The summed E-state index contributed by atoms with van der Waals surface area (Å²) in [7, 11) is 3.22. The van der Waals surface area contributed by atoms with Gasteiger partial charge in [0.25, 0.3) is 0 Å². The van der Waals surface area contributed by atoms with E-state index in [1.807, 2.05) is 13.8 Å². The van der Waals surface area contributed by atoms with E-state index < -0.39 is 17.6 Å². The van der Waals surface area contributed by atoms with Gasteiger partial charge in [-0.1, -0.05) is 20.3 Å². The Bertz CT molecular complexity index is 268. The molecule has 100 valence electrons. The molecule has 0 bridgehead atoms. The fourth-order valence-electron chi connectivity index (χ4n) is 1.40. The van der Waals surface area contributed by atoms with Crippen molar-refractivity contribution in [2.45, 2.75) is 26.7 Å². The quantitative estimate of drug-likeness (QED) is 0.771. The average molecular weight is 246 g/mol. The molecule has 0 radical (unpaired) electrons. The molecule has 0 rings (SSSR count). The maximum absolute atomic E-state index is 11.3. The lowest BCUT2D eigenvalue weighted by atomic mass is 9.87. The number of rotatable bonds is 6. The Morgan fingerprint density at radius 3 is 2.18 bits per heavy atom. The molecular weight excluding hydrogens is 224 g/mol. The van der Waals surface area contributed by atoms with Gasteiger partial charge in [-0.05, 0) is 6.42 Å². The van der Waals surface area contributed by atoms with Crippen molar-refractivity contribution in [2.75, 3.05) is 27.3 Å². The lowest BCUT2D eigenvalue weighted by molar-refractivity contribution is 0.0255. The van der Waals surface area contributed by atoms with Gasteiger partial charge in [0.2, 0.25) is 0 Å². The lowest BCUT2D eigenvalue weighted by Crippen LogP contribution is -2.34. The predicted molar refractivity (Wildman–Crippen MR) is 63.6 cm³/mol. The molecule has 1 unspecified atom stereocenters. The van der Waals surface area contributed by atoms with Crippen molar-refractivity contribution in [3.8, 4) is 0 Å². The van der Waals surface area contributed by atoms with E-state index in [0.717, 1.165) is 12.8 Å². The van der Waals surface area contributed by atoms with Crippen LogP contribution in [0.2, 0.25) is 0 Å². The molecule has 0 aliphatic carbocycles. The molecule has 0 saturated heterocycles. The SMILES string of the molecule is CCCC(C)(COC(N)=O)COC(=O)N(C)C. The van der Waals surface area contributed by atoms with Crippen LogP contribution < -0.4 is 5.73 Å². The van der Waals surface area contributed by atoms with Gasteiger partial charge >= 0.3 is 12.2 Å². The van der Waals surface area contributed by atoms with Crippen LogP contribution in [-0.2, 0) is 9.47 Å². The second kappa shape index (κ2) is 6.98. The van der Waals surface area contributed by atoms with E-state index in [4.69, 9.17) is 15.2 Å². The van der Waals surface area contributed by atoms with Gasteiger partial charge in [0, 0.05) is 19.5 Å². The number of nitrogens with zero attached hydrogens (tertiary/aromatic N) is 1. The molecule has 1 atom stereocenters. The first kappa shape index (κ1) is 15.5. The maximum Gasteiger partial charge on any atom is 0.409 e. The van der Waals surface area contributed by atoms with Gasteiger partial charge in [0.1, 0.15) is 13.2 Å². The molecule has 0 aliphatic rings. The highest BCUT2D eigenvalue weighted by Crippen LogP contribution is 2.24. The van der Waals surface area contributed by atoms with Gasteiger partial charge in [-0.25, -0.2) is 9.59 Å². The number of carbonyl (C=O) groups is 2. The Morgan fingerprint density at radius 2 is 1.76 bits per heavy atom. The van der Waals surface area contributed by atoms with E-state index in [1.54, 1.807) is 14.1 Å². The molecule has 2 N–H and O–H groups in total. The zero-order valence-electron chi connectivity index (χ0n) is 11.0. The summed E-state index contributed by atoms with van der Waals surface area (Å²) in [5.74, 6) is 0. The van der Waals surface area contributed by atoms with Crippen LogP contribution >= 0.6 is 0 Å². The number of carbonyl (C=O) groups excluding carboxylic acids is 2. The highest BCUT2D eigenvalue weighted by molar-refractivity contribution is 5.66. The van der Waals surface area contributed by atoms with Crippen molar-refractivity contribution >= 4 is 12.2 Å². The fraction of sp³-hybridized carbons (Fsp3) is 0.818. The van der Waals surface area contributed by atoms with E-state index in [-0.39, 0.29) is 13.2 Å². The van der Waals surface area contributed by atoms with Crippen molar-refractivity contribution < 1.29 is 19.1 Å². The number of ether oxygens (including phenoxy) is 2. The fourth-order valence-corrected chi connectivity index (χ4v) is 1.40. The standard InChI is InChI=1S/C11H22N2O4/c1-5-6-11(2,7-16-9(12)14)8-17-10(15)13(3)4/h5-8H2,1-4H3,(H2,12,14). The van der Waals surface area contributed by atoms with Crippen LogP contribution in [0.1, 0.15) is 26.7 Å². The predicted octanol–water partition coefficient (Wildman–Crippen LogP) is 1.59. The molecule has 0 saturated carbocycles. The van der Waals surface area contributed by atoms with Crippen molar-refractivity contribution in [3.05, 3.63) is 0 Å². The van der Waals surface area contributed by atoms with Crippen molar-refractivity contribution in [2.24, 2.45) is 11.1 Å². The molecular formula is C11H22N2O4. The summed E-state index contributed by atoms with van der Waals surface area (Å²) in [5.41, 5.74) is 4.53. The number of hydrogen-bond donors (Lipinski definition) is 1. The number of hydrogen-bond acceptors (Lipinski definition) is 4. The maximum atomic E-state index is 11.3. The monoisotopic (exact) mass is 246 g/mol. The average Bonchev–Trinajstić information content (AvgIpc) is 2.23. The minimum Gasteiger partial charge on any atom is -0.449 e. The summed E-state index contributed by atoms with van der Waals surface area (Å²) in [6, 6.07) is 0. The van der Waals surface area contributed by atoms with Gasteiger partial charge in [-0.3, -0.25) is 0 Å². The highest BCUT2D eigenvalue weighted by Gasteiger charge is 2.27. The molecule has 0 aromatic heterocycles. The second-order valence-electron chi connectivity index (χ2n) is 4.62.